The van der Waals surface area contributed by atoms with E-state index in [1.54, 1.807) is 29.4 Å². The third kappa shape index (κ3) is 3.87. The number of nitrogens with zero attached hydrogens (tertiary/aromatic N) is 3. The Morgan fingerprint density at radius 2 is 2.47 bits per heavy atom. The smallest absolute Gasteiger partial charge is 0.191 e. The SMILES string of the molecule is C=C(Cl)CSc1nncn1CCc1cccs1. The molecule has 6 heteroatoms. The van der Waals surface area contributed by atoms with Crippen molar-refractivity contribution in [3.63, 3.8) is 0 Å². The van der Waals surface area contributed by atoms with Gasteiger partial charge in [0.25, 0.3) is 0 Å². The van der Waals surface area contributed by atoms with Gasteiger partial charge in [0.2, 0.25) is 0 Å². The Balaban J connectivity index is 1.92. The van der Waals surface area contributed by atoms with Gasteiger partial charge in [0.05, 0.1) is 0 Å². The van der Waals surface area contributed by atoms with E-state index in [0.717, 1.165) is 18.1 Å². The van der Waals surface area contributed by atoms with Gasteiger partial charge in [0, 0.05) is 22.2 Å². The molecule has 2 rings (SSSR count). The summed E-state index contributed by atoms with van der Waals surface area (Å²) in [6, 6.07) is 4.21. The monoisotopic (exact) mass is 285 g/mol. The van der Waals surface area contributed by atoms with Crippen LogP contribution in [0.2, 0.25) is 0 Å². The van der Waals surface area contributed by atoms with Crippen molar-refractivity contribution in [2.75, 3.05) is 5.75 Å². The van der Waals surface area contributed by atoms with Crippen molar-refractivity contribution in [3.05, 3.63) is 40.3 Å². The number of rotatable bonds is 6. The lowest BCUT2D eigenvalue weighted by atomic mass is 10.3. The van der Waals surface area contributed by atoms with E-state index in [4.69, 9.17) is 11.6 Å². The first kappa shape index (κ1) is 12.7. The van der Waals surface area contributed by atoms with Crippen molar-refractivity contribution in [1.29, 1.82) is 0 Å². The van der Waals surface area contributed by atoms with Crippen LogP contribution in [0.5, 0.6) is 0 Å². The lowest BCUT2D eigenvalue weighted by Crippen LogP contribution is -2.01. The van der Waals surface area contributed by atoms with Crippen molar-refractivity contribution in [3.8, 4) is 0 Å². The van der Waals surface area contributed by atoms with Gasteiger partial charge in [-0.3, -0.25) is 0 Å². The van der Waals surface area contributed by atoms with Gasteiger partial charge in [0.1, 0.15) is 6.33 Å². The molecule has 0 amide bonds. The van der Waals surface area contributed by atoms with Crippen LogP contribution < -0.4 is 0 Å². The molecular formula is C11H12ClN3S2. The molecule has 2 aromatic heterocycles. The summed E-state index contributed by atoms with van der Waals surface area (Å²) in [6.45, 7) is 4.55. The summed E-state index contributed by atoms with van der Waals surface area (Å²) in [4.78, 5) is 1.37. The maximum atomic E-state index is 5.73. The lowest BCUT2D eigenvalue weighted by Gasteiger charge is -2.04. The first-order chi connectivity index (χ1) is 8.25. The Kier molecular flexibility index (Phi) is 4.65. The van der Waals surface area contributed by atoms with Crippen molar-refractivity contribution in [1.82, 2.24) is 14.8 Å². The quantitative estimate of drug-likeness (QED) is 0.762. The van der Waals surface area contributed by atoms with Gasteiger partial charge < -0.3 is 4.57 Å². The highest BCUT2D eigenvalue weighted by atomic mass is 35.5. The molecule has 0 fully saturated rings. The molecule has 2 heterocycles. The molecule has 0 radical (unpaired) electrons. The predicted molar refractivity (Wildman–Crippen MR) is 73.8 cm³/mol. The van der Waals surface area contributed by atoms with Crippen molar-refractivity contribution in [2.45, 2.75) is 18.1 Å². The molecule has 0 atom stereocenters. The Morgan fingerprint density at radius 3 is 3.18 bits per heavy atom. The molecule has 0 aromatic carbocycles. The summed E-state index contributed by atoms with van der Waals surface area (Å²) < 4.78 is 2.05. The fourth-order valence-corrected chi connectivity index (χ4v) is 2.89. The van der Waals surface area contributed by atoms with E-state index >= 15 is 0 Å². The van der Waals surface area contributed by atoms with Gasteiger partial charge >= 0.3 is 0 Å². The zero-order valence-corrected chi connectivity index (χ0v) is 11.6. The molecule has 0 aliphatic heterocycles. The van der Waals surface area contributed by atoms with Crippen LogP contribution in [0.1, 0.15) is 4.88 Å². The molecule has 0 unspecified atom stereocenters. The first-order valence-corrected chi connectivity index (χ1v) is 7.36. The molecule has 0 bridgehead atoms. The molecule has 0 saturated carbocycles. The van der Waals surface area contributed by atoms with Gasteiger partial charge in [-0.05, 0) is 17.9 Å². The summed E-state index contributed by atoms with van der Waals surface area (Å²) in [7, 11) is 0. The Hall–Kier alpha value is -0.780. The van der Waals surface area contributed by atoms with Gasteiger partial charge in [-0.15, -0.1) is 21.5 Å². The Bertz CT molecular complexity index is 479. The number of aromatic nitrogens is 3. The minimum absolute atomic E-state index is 0.628. The highest BCUT2D eigenvalue weighted by molar-refractivity contribution is 7.99. The number of thiophene rings is 1. The van der Waals surface area contributed by atoms with Crippen LogP contribution in [-0.2, 0) is 13.0 Å². The van der Waals surface area contributed by atoms with Crippen molar-refractivity contribution in [2.24, 2.45) is 0 Å². The van der Waals surface area contributed by atoms with Crippen LogP contribution in [0.15, 0.2) is 40.6 Å². The number of thioether (sulfide) groups is 1. The molecule has 17 heavy (non-hydrogen) atoms. The van der Waals surface area contributed by atoms with E-state index in [1.807, 2.05) is 4.57 Å². The second kappa shape index (κ2) is 6.23. The minimum atomic E-state index is 0.628. The molecule has 90 valence electrons. The fourth-order valence-electron chi connectivity index (χ4n) is 1.34. The van der Waals surface area contributed by atoms with Crippen LogP contribution in [0.25, 0.3) is 0 Å². The number of halogens is 1. The second-order valence-electron chi connectivity index (χ2n) is 3.44. The highest BCUT2D eigenvalue weighted by Gasteiger charge is 2.05. The zero-order chi connectivity index (χ0) is 12.1. The average molecular weight is 286 g/mol. The van der Waals surface area contributed by atoms with E-state index in [-0.39, 0.29) is 0 Å². The molecule has 0 aliphatic rings. The lowest BCUT2D eigenvalue weighted by molar-refractivity contribution is 0.638. The van der Waals surface area contributed by atoms with E-state index in [1.165, 1.54) is 4.88 Å². The van der Waals surface area contributed by atoms with Crippen LogP contribution in [0.3, 0.4) is 0 Å². The topological polar surface area (TPSA) is 30.7 Å². The van der Waals surface area contributed by atoms with E-state index in [0.29, 0.717) is 10.8 Å². The van der Waals surface area contributed by atoms with Crippen LogP contribution in [0, 0.1) is 0 Å². The van der Waals surface area contributed by atoms with Crippen LogP contribution in [0.4, 0.5) is 0 Å². The van der Waals surface area contributed by atoms with Gasteiger partial charge in [0.15, 0.2) is 5.16 Å². The van der Waals surface area contributed by atoms with E-state index in [2.05, 4.69) is 34.3 Å². The number of hydrogen-bond acceptors (Lipinski definition) is 4. The molecule has 0 aliphatic carbocycles. The summed E-state index contributed by atoms with van der Waals surface area (Å²) in [5.41, 5.74) is 0. The Morgan fingerprint density at radius 1 is 1.59 bits per heavy atom. The minimum Gasteiger partial charge on any atom is -0.308 e. The predicted octanol–water partition coefficient (Wildman–Crippen LogP) is 3.43. The summed E-state index contributed by atoms with van der Waals surface area (Å²) in [5.74, 6) is 0.666. The normalized spacial score (nSPS) is 10.6. The maximum Gasteiger partial charge on any atom is 0.191 e. The van der Waals surface area contributed by atoms with Crippen LogP contribution in [-0.4, -0.2) is 20.5 Å². The third-order valence-corrected chi connectivity index (χ3v) is 4.41. The Labute approximate surface area is 114 Å². The summed E-state index contributed by atoms with van der Waals surface area (Å²) in [6.07, 6.45) is 2.76. The molecular weight excluding hydrogens is 274 g/mol. The largest absolute Gasteiger partial charge is 0.308 e. The molecule has 0 N–H and O–H groups in total. The molecule has 0 saturated heterocycles. The van der Waals surface area contributed by atoms with Crippen molar-refractivity contribution >= 4 is 34.7 Å². The zero-order valence-electron chi connectivity index (χ0n) is 9.17. The molecule has 2 aromatic rings. The highest BCUT2D eigenvalue weighted by Crippen LogP contribution is 2.19. The van der Waals surface area contributed by atoms with Crippen LogP contribution >= 0.6 is 34.7 Å². The summed E-state index contributed by atoms with van der Waals surface area (Å²) in [5, 5.41) is 11.6. The standard InChI is InChI=1S/C11H12ClN3S2/c1-9(12)7-17-11-14-13-8-15(11)5-4-10-3-2-6-16-10/h2-3,6,8H,1,4-5,7H2. The third-order valence-electron chi connectivity index (χ3n) is 2.12. The number of hydrogen-bond donors (Lipinski definition) is 0. The van der Waals surface area contributed by atoms with Crippen molar-refractivity contribution < 1.29 is 0 Å². The van der Waals surface area contributed by atoms with Gasteiger partial charge in [-0.1, -0.05) is 36.0 Å². The van der Waals surface area contributed by atoms with E-state index < -0.39 is 0 Å². The number of aryl methyl sites for hydroxylation is 2. The maximum absolute atomic E-state index is 5.73. The second-order valence-corrected chi connectivity index (χ2v) is 5.95. The molecule has 3 nitrogen and oxygen atoms in total. The van der Waals surface area contributed by atoms with Gasteiger partial charge in [-0.2, -0.15) is 0 Å². The van der Waals surface area contributed by atoms with E-state index in [9.17, 15) is 0 Å². The molecule has 0 spiro atoms. The summed E-state index contributed by atoms with van der Waals surface area (Å²) >= 11 is 9.07. The van der Waals surface area contributed by atoms with Gasteiger partial charge in [-0.25, -0.2) is 0 Å². The average Bonchev–Trinajstić information content (AvgIpc) is 2.95. The first-order valence-electron chi connectivity index (χ1n) is 5.12. The fraction of sp³-hybridized carbons (Fsp3) is 0.273.